The molecule has 5 heteroatoms. The third kappa shape index (κ3) is 20.0. The largest absolute Gasteiger partial charge is 0.187 e. The van der Waals surface area contributed by atoms with E-state index in [1.165, 1.54) is 0 Å². The minimum atomic E-state index is 0. The van der Waals surface area contributed by atoms with Gasteiger partial charge in [-0.25, -0.2) is 0 Å². The summed E-state index contributed by atoms with van der Waals surface area (Å²) < 4.78 is 0. The second kappa shape index (κ2) is 29.3. The van der Waals surface area contributed by atoms with Crippen molar-refractivity contribution >= 4 is 17.4 Å². The Bertz CT molecular complexity index is 11.6. The van der Waals surface area contributed by atoms with E-state index in [1.807, 2.05) is 0 Å². The SMILES string of the molecule is [AlH3].[Co].[Cr].[Ni].[Ti]. The van der Waals surface area contributed by atoms with Gasteiger partial charge >= 0.3 is 0 Å². The fourth-order valence-corrected chi connectivity index (χ4v) is 0. The van der Waals surface area contributed by atoms with Gasteiger partial charge in [0.25, 0.3) is 0 Å². The molecule has 0 N–H and O–H groups in total. The van der Waals surface area contributed by atoms with E-state index in [-0.39, 0.29) is 89.7 Å². The summed E-state index contributed by atoms with van der Waals surface area (Å²) in [6, 6.07) is 0. The van der Waals surface area contributed by atoms with Crippen LogP contribution in [0.4, 0.5) is 0 Å². The Kier molecular flexibility index (Phi) is 271. The van der Waals surface area contributed by atoms with E-state index in [0.717, 1.165) is 0 Å². The van der Waals surface area contributed by atoms with E-state index in [2.05, 4.69) is 0 Å². The van der Waals surface area contributed by atoms with Crippen molar-refractivity contribution in [1.29, 1.82) is 0 Å². The Hall–Kier alpha value is 2.78. The van der Waals surface area contributed by atoms with Gasteiger partial charge in [-0.1, -0.05) is 0 Å². The summed E-state index contributed by atoms with van der Waals surface area (Å²) in [7, 11) is 0. The summed E-state index contributed by atoms with van der Waals surface area (Å²) in [6.07, 6.45) is 0. The van der Waals surface area contributed by atoms with Crippen molar-refractivity contribution in [2.75, 3.05) is 0 Å². The molecule has 0 atom stereocenters. The molecule has 0 aromatic rings. The summed E-state index contributed by atoms with van der Waals surface area (Å²) >= 11 is 0. The smallest absolute Gasteiger partial charge is 0 e. The summed E-state index contributed by atoms with van der Waals surface area (Å²) in [5.41, 5.74) is 0. The molecule has 0 aromatic carbocycles. The molecule has 0 saturated heterocycles. The first-order valence-corrected chi connectivity index (χ1v) is 0. The molecular weight excluding hydrogens is 244 g/mol. The molecule has 0 bridgehead atoms. The molecule has 0 spiro atoms. The van der Waals surface area contributed by atoms with E-state index in [0.29, 0.717) is 0 Å². The van der Waals surface area contributed by atoms with Gasteiger partial charge in [-0.2, -0.15) is 0 Å². The maximum atomic E-state index is 0. The number of hydrogen-bond donors (Lipinski definition) is 0. The van der Waals surface area contributed by atoms with Crippen LogP contribution in [0.25, 0.3) is 0 Å². The van der Waals surface area contributed by atoms with E-state index < -0.39 is 0 Å². The van der Waals surface area contributed by atoms with Crippen LogP contribution in [-0.4, -0.2) is 17.4 Å². The van der Waals surface area contributed by atoms with Crippen molar-refractivity contribution < 1.29 is 72.3 Å². The Labute approximate surface area is 88.5 Å². The molecule has 0 heterocycles. The maximum Gasteiger partial charge on any atom is 0.187 e. The Morgan fingerprint density at radius 2 is 1.00 bits per heavy atom. The minimum Gasteiger partial charge on any atom is 0 e. The predicted octanol–water partition coefficient (Wildman–Crippen LogP) is -1.19. The van der Waals surface area contributed by atoms with Gasteiger partial charge in [-0.15, -0.1) is 0 Å². The minimum absolute atomic E-state index is 0. The summed E-state index contributed by atoms with van der Waals surface area (Å²) in [4.78, 5) is 0. The number of rotatable bonds is 0. The summed E-state index contributed by atoms with van der Waals surface area (Å²) in [5, 5.41) is 0. The van der Waals surface area contributed by atoms with Crippen LogP contribution in [0.3, 0.4) is 0 Å². The van der Waals surface area contributed by atoms with Crippen LogP contribution < -0.4 is 0 Å². The van der Waals surface area contributed by atoms with Gasteiger partial charge in [0.2, 0.25) is 0 Å². The zero-order chi connectivity index (χ0) is 0. The fraction of sp³-hybridized carbons (Fsp3) is 0. The van der Waals surface area contributed by atoms with E-state index >= 15 is 0 Å². The molecule has 0 amide bonds. The van der Waals surface area contributed by atoms with Crippen LogP contribution in [0.5, 0.6) is 0 Å². The second-order valence-corrected chi connectivity index (χ2v) is 0. The normalized spacial score (nSPS) is 0. The Morgan fingerprint density at radius 3 is 1.00 bits per heavy atom. The first-order chi connectivity index (χ1) is 0. The topological polar surface area (TPSA) is 0 Å². The van der Waals surface area contributed by atoms with Crippen molar-refractivity contribution in [3.8, 4) is 0 Å². The second-order valence-electron chi connectivity index (χ2n) is 0. The van der Waals surface area contributed by atoms with Gasteiger partial charge in [0.15, 0.2) is 17.4 Å². The van der Waals surface area contributed by atoms with Gasteiger partial charge < -0.3 is 0 Å². The zero-order valence-corrected chi connectivity index (χ0v) is 6.42. The maximum absolute atomic E-state index is 0. The molecule has 0 unspecified atom stereocenters. The van der Waals surface area contributed by atoms with Gasteiger partial charge in [0.1, 0.15) is 0 Å². The molecular formula is H3AlCoCrNiTi. The average Bonchev–Trinajstić information content (AvgIpc) is 0. The third-order valence-electron chi connectivity index (χ3n) is 0. The van der Waals surface area contributed by atoms with Gasteiger partial charge in [0, 0.05) is 72.3 Å². The van der Waals surface area contributed by atoms with Crippen LogP contribution in [0, 0.1) is 0 Å². The van der Waals surface area contributed by atoms with E-state index in [4.69, 9.17) is 0 Å². The molecule has 0 aliphatic carbocycles. The third-order valence-corrected chi connectivity index (χ3v) is 0. The standard InChI is InChI=1S/Al.Co.Cr.Ni.Ti.3H. The molecule has 0 fully saturated rings. The summed E-state index contributed by atoms with van der Waals surface area (Å²) in [5.74, 6) is 0. The van der Waals surface area contributed by atoms with Gasteiger partial charge in [-0.3, -0.25) is 0 Å². The van der Waals surface area contributed by atoms with Gasteiger partial charge in [0.05, 0.1) is 0 Å². The van der Waals surface area contributed by atoms with Crippen LogP contribution >= 0.6 is 0 Å². The fourth-order valence-electron chi connectivity index (χ4n) is 0. The molecule has 0 saturated carbocycles. The van der Waals surface area contributed by atoms with E-state index in [9.17, 15) is 0 Å². The quantitative estimate of drug-likeness (QED) is 0.472. The Balaban J connectivity index is 0. The van der Waals surface area contributed by atoms with Gasteiger partial charge in [-0.05, 0) is 0 Å². The molecule has 0 aliphatic rings. The molecule has 0 aliphatic heterocycles. The zero-order valence-electron chi connectivity index (χ0n) is 1.56. The predicted molar refractivity (Wildman–Crippen MR) is 9.94 cm³/mol. The average molecular weight is 247 g/mol. The summed E-state index contributed by atoms with van der Waals surface area (Å²) in [6.45, 7) is 0. The number of hydrogen-bond acceptors (Lipinski definition) is 0. The van der Waals surface area contributed by atoms with Crippen LogP contribution in [0.15, 0.2) is 0 Å². The van der Waals surface area contributed by atoms with Crippen molar-refractivity contribution in [2.45, 2.75) is 0 Å². The first-order valence-electron chi connectivity index (χ1n) is 0. The molecule has 0 rings (SSSR count). The Morgan fingerprint density at radius 1 is 1.00 bits per heavy atom. The van der Waals surface area contributed by atoms with Crippen LogP contribution in [0.2, 0.25) is 0 Å². The van der Waals surface area contributed by atoms with Crippen molar-refractivity contribution in [3.63, 3.8) is 0 Å². The van der Waals surface area contributed by atoms with E-state index in [1.54, 1.807) is 0 Å². The molecule has 0 nitrogen and oxygen atoms in total. The first kappa shape index (κ1) is 46.3. The van der Waals surface area contributed by atoms with Crippen LogP contribution in [-0.2, 0) is 72.3 Å². The molecule has 1 radical (unpaired) electrons. The van der Waals surface area contributed by atoms with Crippen molar-refractivity contribution in [1.82, 2.24) is 0 Å². The molecule has 0 aromatic heterocycles. The monoisotopic (exact) mass is 247 g/mol. The van der Waals surface area contributed by atoms with Crippen molar-refractivity contribution in [2.24, 2.45) is 0 Å². The van der Waals surface area contributed by atoms with Crippen molar-refractivity contribution in [3.05, 3.63) is 0 Å². The molecule has 35 valence electrons. The van der Waals surface area contributed by atoms with Crippen LogP contribution in [0.1, 0.15) is 0 Å². The molecule has 5 heavy (non-hydrogen) atoms.